The third-order valence-electron chi connectivity index (χ3n) is 4.16. The highest BCUT2D eigenvalue weighted by molar-refractivity contribution is 9.10. The van der Waals surface area contributed by atoms with Gasteiger partial charge < -0.3 is 24.8 Å². The molecular formula is C20H21BrN2O4S. The molecule has 6 nitrogen and oxygen atoms in total. The van der Waals surface area contributed by atoms with E-state index >= 15 is 0 Å². The van der Waals surface area contributed by atoms with Crippen molar-refractivity contribution in [2.24, 2.45) is 0 Å². The number of aryl methyl sites for hydroxylation is 1. The van der Waals surface area contributed by atoms with Gasteiger partial charge in [0, 0.05) is 11.6 Å². The van der Waals surface area contributed by atoms with Crippen LogP contribution in [0.15, 0.2) is 39.7 Å². The number of methoxy groups -OCH3 is 3. The maximum absolute atomic E-state index is 12.5. The molecule has 1 atom stereocenters. The summed E-state index contributed by atoms with van der Waals surface area (Å²) in [6, 6.07) is 9.50. The van der Waals surface area contributed by atoms with E-state index in [-0.39, 0.29) is 11.4 Å². The molecule has 2 aromatic carbocycles. The molecule has 1 fully saturated rings. The van der Waals surface area contributed by atoms with Gasteiger partial charge in [0.25, 0.3) is 5.91 Å². The Morgan fingerprint density at radius 1 is 1.07 bits per heavy atom. The van der Waals surface area contributed by atoms with Crippen molar-refractivity contribution in [3.05, 3.63) is 50.8 Å². The summed E-state index contributed by atoms with van der Waals surface area (Å²) in [7, 11) is 4.80. The molecule has 0 radical (unpaired) electrons. The lowest BCUT2D eigenvalue weighted by atomic mass is 10.1. The number of thioether (sulfide) groups is 1. The van der Waals surface area contributed by atoms with E-state index in [1.54, 1.807) is 33.5 Å². The number of nitrogens with one attached hydrogen (secondary N) is 2. The lowest BCUT2D eigenvalue weighted by Crippen LogP contribution is -2.31. The standard InChI is InChI=1S/C20H21BrN2O4S/c1-11-5-6-15(25-2)14(7-11)22-20-23-19(24)18(28-20)9-12-8-13(21)17(27-4)10-16(12)26-3/h5-10,20,22H,1-4H3,(H,23,24)/b18-9-. The van der Waals surface area contributed by atoms with Crippen LogP contribution in [0.4, 0.5) is 5.69 Å². The molecule has 0 aromatic heterocycles. The molecule has 0 aliphatic carbocycles. The summed E-state index contributed by atoms with van der Waals surface area (Å²) in [6.45, 7) is 2.00. The molecule has 1 amide bonds. The molecule has 28 heavy (non-hydrogen) atoms. The molecule has 2 aromatic rings. The van der Waals surface area contributed by atoms with Gasteiger partial charge in [-0.25, -0.2) is 0 Å². The number of rotatable bonds is 6. The number of halogens is 1. The first kappa shape index (κ1) is 20.4. The largest absolute Gasteiger partial charge is 0.496 e. The normalized spacial score (nSPS) is 17.4. The first-order valence-electron chi connectivity index (χ1n) is 8.47. The molecule has 148 valence electrons. The van der Waals surface area contributed by atoms with Crippen LogP contribution in [0, 0.1) is 6.92 Å². The number of hydrogen-bond acceptors (Lipinski definition) is 6. The number of carbonyl (C=O) groups is 1. The number of anilines is 1. The summed E-state index contributed by atoms with van der Waals surface area (Å²) < 4.78 is 16.9. The summed E-state index contributed by atoms with van der Waals surface area (Å²) in [6.07, 6.45) is 1.80. The Morgan fingerprint density at radius 3 is 2.46 bits per heavy atom. The first-order chi connectivity index (χ1) is 13.4. The van der Waals surface area contributed by atoms with Gasteiger partial charge >= 0.3 is 0 Å². The van der Waals surface area contributed by atoms with Crippen molar-refractivity contribution < 1.29 is 19.0 Å². The zero-order chi connectivity index (χ0) is 20.3. The predicted molar refractivity (Wildman–Crippen MR) is 116 cm³/mol. The quantitative estimate of drug-likeness (QED) is 0.618. The third-order valence-corrected chi connectivity index (χ3v) is 5.81. The van der Waals surface area contributed by atoms with Crippen LogP contribution in [-0.4, -0.2) is 32.7 Å². The molecule has 8 heteroatoms. The van der Waals surface area contributed by atoms with Crippen LogP contribution in [0.1, 0.15) is 11.1 Å². The second kappa shape index (κ2) is 8.79. The molecule has 0 saturated carbocycles. The van der Waals surface area contributed by atoms with Crippen LogP contribution in [-0.2, 0) is 4.79 Å². The maximum atomic E-state index is 12.5. The lowest BCUT2D eigenvalue weighted by molar-refractivity contribution is -0.116. The highest BCUT2D eigenvalue weighted by Gasteiger charge is 2.28. The Bertz CT molecular complexity index is 933. The number of amides is 1. The van der Waals surface area contributed by atoms with Gasteiger partial charge in [-0.2, -0.15) is 0 Å². The predicted octanol–water partition coefficient (Wildman–Crippen LogP) is 4.38. The SMILES string of the molecule is COc1cc(OC)c(/C=C2\SC(Nc3cc(C)ccc3OC)NC2=O)cc1Br. The van der Waals surface area contributed by atoms with Gasteiger partial charge in [-0.05, 0) is 52.7 Å². The monoisotopic (exact) mass is 464 g/mol. The van der Waals surface area contributed by atoms with Crippen molar-refractivity contribution in [1.29, 1.82) is 0 Å². The maximum Gasteiger partial charge on any atom is 0.260 e. The van der Waals surface area contributed by atoms with E-state index in [0.29, 0.717) is 16.4 Å². The third kappa shape index (κ3) is 4.39. The minimum absolute atomic E-state index is 0.150. The average Bonchev–Trinajstić information content (AvgIpc) is 3.01. The van der Waals surface area contributed by atoms with Gasteiger partial charge in [0.15, 0.2) is 5.50 Å². The molecule has 1 heterocycles. The topological polar surface area (TPSA) is 68.8 Å². The van der Waals surface area contributed by atoms with Crippen LogP contribution in [0.5, 0.6) is 17.2 Å². The van der Waals surface area contributed by atoms with Crippen molar-refractivity contribution in [3.8, 4) is 17.2 Å². The van der Waals surface area contributed by atoms with Crippen molar-refractivity contribution in [2.45, 2.75) is 12.4 Å². The summed E-state index contributed by atoms with van der Waals surface area (Å²) in [4.78, 5) is 13.0. The molecular weight excluding hydrogens is 444 g/mol. The van der Waals surface area contributed by atoms with E-state index < -0.39 is 0 Å². The van der Waals surface area contributed by atoms with Crippen LogP contribution >= 0.6 is 27.7 Å². The number of hydrogen-bond donors (Lipinski definition) is 2. The fraction of sp³-hybridized carbons (Fsp3) is 0.250. The second-order valence-electron chi connectivity index (χ2n) is 6.06. The van der Waals surface area contributed by atoms with E-state index in [0.717, 1.165) is 27.0 Å². The van der Waals surface area contributed by atoms with Gasteiger partial charge in [-0.1, -0.05) is 17.8 Å². The molecule has 1 aliphatic rings. The molecule has 3 rings (SSSR count). The minimum atomic E-state index is -0.304. The molecule has 1 unspecified atom stereocenters. The zero-order valence-corrected chi connectivity index (χ0v) is 18.4. The first-order valence-corrected chi connectivity index (χ1v) is 10.1. The van der Waals surface area contributed by atoms with Gasteiger partial charge in [0.2, 0.25) is 0 Å². The summed E-state index contributed by atoms with van der Waals surface area (Å²) in [5.74, 6) is 1.85. The van der Waals surface area contributed by atoms with E-state index in [1.807, 2.05) is 31.2 Å². The van der Waals surface area contributed by atoms with Gasteiger partial charge in [-0.3, -0.25) is 4.79 Å². The van der Waals surface area contributed by atoms with Gasteiger partial charge in [0.05, 0.1) is 36.4 Å². The average molecular weight is 465 g/mol. The van der Waals surface area contributed by atoms with E-state index in [4.69, 9.17) is 14.2 Å². The fourth-order valence-electron chi connectivity index (χ4n) is 2.78. The Labute approximate surface area is 176 Å². The highest BCUT2D eigenvalue weighted by atomic mass is 79.9. The fourth-order valence-corrected chi connectivity index (χ4v) is 4.27. The summed E-state index contributed by atoms with van der Waals surface area (Å²) >= 11 is 4.87. The van der Waals surface area contributed by atoms with Crippen LogP contribution in [0.3, 0.4) is 0 Å². The van der Waals surface area contributed by atoms with Crippen LogP contribution < -0.4 is 24.8 Å². The Morgan fingerprint density at radius 2 is 1.79 bits per heavy atom. The highest BCUT2D eigenvalue weighted by Crippen LogP contribution is 2.37. The smallest absolute Gasteiger partial charge is 0.260 e. The van der Waals surface area contributed by atoms with Gasteiger partial charge in [0.1, 0.15) is 17.2 Å². The zero-order valence-electron chi connectivity index (χ0n) is 16.0. The number of carbonyl (C=O) groups excluding carboxylic acids is 1. The molecule has 1 aliphatic heterocycles. The van der Waals surface area contributed by atoms with Crippen molar-refractivity contribution in [2.75, 3.05) is 26.6 Å². The lowest BCUT2D eigenvalue weighted by Gasteiger charge is -2.16. The summed E-state index contributed by atoms with van der Waals surface area (Å²) in [5, 5.41) is 6.24. The Kier molecular flexibility index (Phi) is 6.41. The molecule has 0 spiro atoms. The number of ether oxygens (including phenoxy) is 3. The van der Waals surface area contributed by atoms with E-state index in [2.05, 4.69) is 26.6 Å². The second-order valence-corrected chi connectivity index (χ2v) is 8.06. The molecule has 2 N–H and O–H groups in total. The van der Waals surface area contributed by atoms with Crippen LogP contribution in [0.25, 0.3) is 6.08 Å². The van der Waals surface area contributed by atoms with Crippen molar-refractivity contribution >= 4 is 45.4 Å². The Balaban J connectivity index is 1.84. The van der Waals surface area contributed by atoms with E-state index in [9.17, 15) is 4.79 Å². The van der Waals surface area contributed by atoms with Crippen molar-refractivity contribution in [1.82, 2.24) is 5.32 Å². The number of benzene rings is 2. The van der Waals surface area contributed by atoms with Crippen LogP contribution in [0.2, 0.25) is 0 Å². The van der Waals surface area contributed by atoms with Crippen molar-refractivity contribution in [3.63, 3.8) is 0 Å². The molecule has 1 saturated heterocycles. The summed E-state index contributed by atoms with van der Waals surface area (Å²) in [5.41, 5.74) is 2.40. The van der Waals surface area contributed by atoms with Gasteiger partial charge in [-0.15, -0.1) is 0 Å². The van der Waals surface area contributed by atoms with E-state index in [1.165, 1.54) is 11.8 Å². The Hall–Kier alpha value is -2.32. The minimum Gasteiger partial charge on any atom is -0.496 e. The molecule has 0 bridgehead atoms.